The van der Waals surface area contributed by atoms with Crippen LogP contribution in [0.1, 0.15) is 35.4 Å². The topological polar surface area (TPSA) is 72.6 Å². The van der Waals surface area contributed by atoms with Gasteiger partial charge in [0.05, 0.1) is 32.9 Å². The Morgan fingerprint density at radius 2 is 1.70 bits per heavy atom. The third-order valence-electron chi connectivity index (χ3n) is 4.61. The van der Waals surface area contributed by atoms with Gasteiger partial charge in [0, 0.05) is 17.5 Å². The van der Waals surface area contributed by atoms with Gasteiger partial charge in [0.1, 0.15) is 22.9 Å². The maximum absolute atomic E-state index is 12.8. The quantitative estimate of drug-likeness (QED) is 0.659. The van der Waals surface area contributed by atoms with Crippen LogP contribution in [0.25, 0.3) is 10.9 Å². The van der Waals surface area contributed by atoms with Crippen molar-refractivity contribution in [1.82, 2.24) is 10.3 Å². The first-order chi connectivity index (χ1) is 13.1. The van der Waals surface area contributed by atoms with Crippen LogP contribution in [-0.4, -0.2) is 32.2 Å². The minimum Gasteiger partial charge on any atom is -0.497 e. The average Bonchev–Trinajstić information content (AvgIpc) is 3.15. The summed E-state index contributed by atoms with van der Waals surface area (Å²) >= 11 is 0. The summed E-state index contributed by atoms with van der Waals surface area (Å²) in [5.74, 6) is 1.94. The van der Waals surface area contributed by atoms with Gasteiger partial charge in [-0.3, -0.25) is 4.79 Å². The Bertz CT molecular complexity index is 931. The number of H-pyrrole nitrogens is 1. The first-order valence-corrected chi connectivity index (χ1v) is 8.79. The van der Waals surface area contributed by atoms with E-state index in [-0.39, 0.29) is 11.9 Å². The molecule has 1 unspecified atom stereocenters. The molecule has 3 aromatic rings. The van der Waals surface area contributed by atoms with Crippen LogP contribution in [0.2, 0.25) is 0 Å². The number of fused-ring (bicyclic) bond motifs is 1. The fourth-order valence-electron chi connectivity index (χ4n) is 3.08. The molecule has 6 heteroatoms. The predicted molar refractivity (Wildman–Crippen MR) is 105 cm³/mol. The van der Waals surface area contributed by atoms with Gasteiger partial charge in [0.15, 0.2) is 0 Å². The Balaban J connectivity index is 1.85. The van der Waals surface area contributed by atoms with E-state index in [9.17, 15) is 4.79 Å². The fraction of sp³-hybridized carbons (Fsp3) is 0.286. The minimum atomic E-state index is -0.171. The molecule has 3 rings (SSSR count). The van der Waals surface area contributed by atoms with Gasteiger partial charge < -0.3 is 24.5 Å². The SMILES string of the molecule is CCC(NC(=O)c1cc2c(OC)cc(OC)cc2[nH]1)c1ccc(OC)cc1. The summed E-state index contributed by atoms with van der Waals surface area (Å²) in [6.45, 7) is 2.04. The number of carbonyl (C=O) groups excluding carboxylic acids is 1. The van der Waals surface area contributed by atoms with Crippen molar-refractivity contribution in [1.29, 1.82) is 0 Å². The molecule has 0 aliphatic heterocycles. The van der Waals surface area contributed by atoms with Gasteiger partial charge in [0.25, 0.3) is 5.91 Å². The van der Waals surface area contributed by atoms with Gasteiger partial charge >= 0.3 is 0 Å². The molecule has 0 bridgehead atoms. The zero-order chi connectivity index (χ0) is 19.4. The van der Waals surface area contributed by atoms with Crippen molar-refractivity contribution in [2.45, 2.75) is 19.4 Å². The van der Waals surface area contributed by atoms with Gasteiger partial charge in [-0.1, -0.05) is 19.1 Å². The normalized spacial score (nSPS) is 11.9. The number of benzene rings is 2. The van der Waals surface area contributed by atoms with Crippen molar-refractivity contribution in [3.05, 3.63) is 53.7 Å². The molecule has 2 aromatic carbocycles. The van der Waals surface area contributed by atoms with Crippen molar-refractivity contribution < 1.29 is 19.0 Å². The Kier molecular flexibility index (Phi) is 5.54. The third kappa shape index (κ3) is 3.84. The van der Waals surface area contributed by atoms with E-state index in [4.69, 9.17) is 14.2 Å². The molecule has 0 saturated carbocycles. The van der Waals surface area contributed by atoms with Gasteiger partial charge in [-0.15, -0.1) is 0 Å². The number of amides is 1. The lowest BCUT2D eigenvalue weighted by molar-refractivity contribution is 0.0931. The van der Waals surface area contributed by atoms with E-state index in [1.807, 2.05) is 37.3 Å². The molecule has 27 heavy (non-hydrogen) atoms. The molecule has 0 aliphatic carbocycles. The van der Waals surface area contributed by atoms with Gasteiger partial charge in [0.2, 0.25) is 0 Å². The lowest BCUT2D eigenvalue weighted by Gasteiger charge is -2.17. The summed E-state index contributed by atoms with van der Waals surface area (Å²) in [7, 11) is 4.82. The number of hydrogen-bond acceptors (Lipinski definition) is 4. The van der Waals surface area contributed by atoms with E-state index < -0.39 is 0 Å². The van der Waals surface area contributed by atoms with Crippen molar-refractivity contribution in [3.8, 4) is 17.2 Å². The van der Waals surface area contributed by atoms with Crippen LogP contribution >= 0.6 is 0 Å². The van der Waals surface area contributed by atoms with Gasteiger partial charge in [-0.05, 0) is 30.2 Å². The molecule has 0 spiro atoms. The van der Waals surface area contributed by atoms with Crippen molar-refractivity contribution in [2.24, 2.45) is 0 Å². The van der Waals surface area contributed by atoms with E-state index in [0.717, 1.165) is 28.6 Å². The average molecular weight is 368 g/mol. The smallest absolute Gasteiger partial charge is 0.268 e. The maximum Gasteiger partial charge on any atom is 0.268 e. The predicted octanol–water partition coefficient (Wildman–Crippen LogP) is 4.07. The summed E-state index contributed by atoms with van der Waals surface area (Å²) in [6, 6.07) is 13.1. The Morgan fingerprint density at radius 3 is 2.30 bits per heavy atom. The second-order valence-electron chi connectivity index (χ2n) is 6.18. The molecule has 1 heterocycles. The number of nitrogens with one attached hydrogen (secondary N) is 2. The molecular formula is C21H24N2O4. The molecule has 1 aromatic heterocycles. The van der Waals surface area contributed by atoms with Crippen LogP contribution in [0.3, 0.4) is 0 Å². The van der Waals surface area contributed by atoms with Crippen LogP contribution in [0.4, 0.5) is 0 Å². The molecule has 0 aliphatic rings. The Morgan fingerprint density at radius 1 is 1.00 bits per heavy atom. The van der Waals surface area contributed by atoms with Crippen LogP contribution in [0.5, 0.6) is 17.2 Å². The number of ether oxygens (including phenoxy) is 3. The van der Waals surface area contributed by atoms with Gasteiger partial charge in [-0.25, -0.2) is 0 Å². The fourth-order valence-corrected chi connectivity index (χ4v) is 3.08. The number of carbonyl (C=O) groups is 1. The molecule has 0 fully saturated rings. The highest BCUT2D eigenvalue weighted by Gasteiger charge is 2.17. The first kappa shape index (κ1) is 18.6. The second kappa shape index (κ2) is 8.03. The first-order valence-electron chi connectivity index (χ1n) is 8.79. The molecule has 0 saturated heterocycles. The zero-order valence-corrected chi connectivity index (χ0v) is 16.0. The van der Waals surface area contributed by atoms with Crippen molar-refractivity contribution in [2.75, 3.05) is 21.3 Å². The monoisotopic (exact) mass is 368 g/mol. The lowest BCUT2D eigenvalue weighted by atomic mass is 10.0. The van der Waals surface area contributed by atoms with Crippen LogP contribution in [0, 0.1) is 0 Å². The summed E-state index contributed by atoms with van der Waals surface area (Å²) in [6.07, 6.45) is 0.773. The van der Waals surface area contributed by atoms with E-state index in [2.05, 4.69) is 10.3 Å². The molecule has 2 N–H and O–H groups in total. The highest BCUT2D eigenvalue weighted by molar-refractivity contribution is 6.00. The summed E-state index contributed by atoms with van der Waals surface area (Å²) in [5, 5.41) is 3.91. The van der Waals surface area contributed by atoms with Gasteiger partial charge in [-0.2, -0.15) is 0 Å². The van der Waals surface area contributed by atoms with Crippen LogP contribution < -0.4 is 19.5 Å². The number of aromatic amines is 1. The molecule has 1 atom stereocenters. The Hall–Kier alpha value is -3.15. The highest BCUT2D eigenvalue weighted by atomic mass is 16.5. The number of methoxy groups -OCH3 is 3. The van der Waals surface area contributed by atoms with E-state index in [1.54, 1.807) is 33.5 Å². The van der Waals surface area contributed by atoms with Crippen molar-refractivity contribution in [3.63, 3.8) is 0 Å². The van der Waals surface area contributed by atoms with Crippen molar-refractivity contribution >= 4 is 16.8 Å². The van der Waals surface area contributed by atoms with Crippen LogP contribution in [-0.2, 0) is 0 Å². The minimum absolute atomic E-state index is 0.0914. The lowest BCUT2D eigenvalue weighted by Crippen LogP contribution is -2.28. The summed E-state index contributed by atoms with van der Waals surface area (Å²) in [4.78, 5) is 15.9. The standard InChI is InChI=1S/C21H24N2O4/c1-5-17(13-6-8-14(25-2)9-7-13)23-21(24)19-12-16-18(22-19)10-15(26-3)11-20(16)27-4/h6-12,17,22H,5H2,1-4H3,(H,23,24). The number of hydrogen-bond donors (Lipinski definition) is 2. The summed E-state index contributed by atoms with van der Waals surface area (Å²) in [5.41, 5.74) is 2.29. The molecular weight excluding hydrogens is 344 g/mol. The molecule has 6 nitrogen and oxygen atoms in total. The second-order valence-corrected chi connectivity index (χ2v) is 6.18. The Labute approximate surface area is 158 Å². The number of rotatable bonds is 7. The largest absolute Gasteiger partial charge is 0.497 e. The third-order valence-corrected chi connectivity index (χ3v) is 4.61. The van der Waals surface area contributed by atoms with Crippen LogP contribution in [0.15, 0.2) is 42.5 Å². The van der Waals surface area contributed by atoms with E-state index >= 15 is 0 Å². The summed E-state index contributed by atoms with van der Waals surface area (Å²) < 4.78 is 15.9. The number of aromatic nitrogens is 1. The molecule has 142 valence electrons. The van der Waals surface area contributed by atoms with E-state index in [0.29, 0.717) is 17.2 Å². The van der Waals surface area contributed by atoms with E-state index in [1.165, 1.54) is 0 Å². The highest BCUT2D eigenvalue weighted by Crippen LogP contribution is 2.31. The molecule has 0 radical (unpaired) electrons. The zero-order valence-electron chi connectivity index (χ0n) is 16.0. The maximum atomic E-state index is 12.8. The molecule has 1 amide bonds.